The predicted octanol–water partition coefficient (Wildman–Crippen LogP) is 3.10. The SMILES string of the molecule is NC(=O)OC1(c2cc(F)ccc2OCc2ccccc2)CC1CCO. The monoisotopic (exact) mass is 345 g/mol. The minimum atomic E-state index is -1.04. The van der Waals surface area contributed by atoms with E-state index in [9.17, 15) is 14.3 Å². The van der Waals surface area contributed by atoms with Gasteiger partial charge >= 0.3 is 6.09 Å². The van der Waals surface area contributed by atoms with Gasteiger partial charge in [0, 0.05) is 18.1 Å². The van der Waals surface area contributed by atoms with E-state index in [1.807, 2.05) is 30.3 Å². The second-order valence-electron chi connectivity index (χ2n) is 6.14. The van der Waals surface area contributed by atoms with E-state index in [1.54, 1.807) is 0 Å². The Morgan fingerprint density at radius 3 is 2.72 bits per heavy atom. The lowest BCUT2D eigenvalue weighted by Crippen LogP contribution is -2.25. The van der Waals surface area contributed by atoms with Gasteiger partial charge in [-0.05, 0) is 36.6 Å². The van der Waals surface area contributed by atoms with E-state index in [1.165, 1.54) is 18.2 Å². The summed E-state index contributed by atoms with van der Waals surface area (Å²) in [5.74, 6) is -0.137. The van der Waals surface area contributed by atoms with Gasteiger partial charge in [-0.1, -0.05) is 30.3 Å². The maximum Gasteiger partial charge on any atom is 0.405 e. The van der Waals surface area contributed by atoms with Gasteiger partial charge in [-0.2, -0.15) is 0 Å². The minimum absolute atomic E-state index is 0.0515. The van der Waals surface area contributed by atoms with Crippen LogP contribution in [-0.2, 0) is 16.9 Å². The number of hydrogen-bond donors (Lipinski definition) is 2. The first-order valence-corrected chi connectivity index (χ1v) is 8.11. The van der Waals surface area contributed by atoms with Gasteiger partial charge in [0.15, 0.2) is 0 Å². The summed E-state index contributed by atoms with van der Waals surface area (Å²) in [6.07, 6.45) is -0.0254. The number of hydrogen-bond acceptors (Lipinski definition) is 4. The number of primary amides is 1. The fourth-order valence-corrected chi connectivity index (χ4v) is 3.18. The van der Waals surface area contributed by atoms with Gasteiger partial charge in [-0.15, -0.1) is 0 Å². The van der Waals surface area contributed by atoms with Crippen molar-refractivity contribution >= 4 is 6.09 Å². The Morgan fingerprint density at radius 2 is 2.04 bits per heavy atom. The topological polar surface area (TPSA) is 81.8 Å². The van der Waals surface area contributed by atoms with Crippen LogP contribution in [0.2, 0.25) is 0 Å². The van der Waals surface area contributed by atoms with E-state index in [0.29, 0.717) is 30.8 Å². The van der Waals surface area contributed by atoms with E-state index < -0.39 is 17.5 Å². The third-order valence-corrected chi connectivity index (χ3v) is 4.44. The van der Waals surface area contributed by atoms with Crippen LogP contribution in [0.5, 0.6) is 5.75 Å². The number of carbonyl (C=O) groups is 1. The predicted molar refractivity (Wildman–Crippen MR) is 89.3 cm³/mol. The average Bonchev–Trinajstić information content (AvgIpc) is 3.27. The van der Waals surface area contributed by atoms with Crippen molar-refractivity contribution in [1.29, 1.82) is 0 Å². The molecule has 0 bridgehead atoms. The smallest absolute Gasteiger partial charge is 0.405 e. The fraction of sp³-hybridized carbons (Fsp3) is 0.316. The van der Waals surface area contributed by atoms with Crippen molar-refractivity contribution < 1.29 is 23.8 Å². The van der Waals surface area contributed by atoms with Crippen LogP contribution in [-0.4, -0.2) is 17.8 Å². The Labute approximate surface area is 145 Å². The lowest BCUT2D eigenvalue weighted by atomic mass is 10.0. The maximum atomic E-state index is 13.8. The largest absolute Gasteiger partial charge is 0.488 e. The molecule has 1 saturated carbocycles. The molecule has 2 unspecified atom stereocenters. The van der Waals surface area contributed by atoms with Gasteiger partial charge in [0.05, 0.1) is 0 Å². The molecule has 0 saturated heterocycles. The zero-order valence-corrected chi connectivity index (χ0v) is 13.7. The molecular formula is C19H20FNO4. The van der Waals surface area contributed by atoms with Crippen molar-refractivity contribution in [2.45, 2.75) is 25.0 Å². The van der Waals surface area contributed by atoms with Gasteiger partial charge in [-0.25, -0.2) is 9.18 Å². The van der Waals surface area contributed by atoms with Crippen LogP contribution >= 0.6 is 0 Å². The number of rotatable bonds is 7. The molecule has 1 aliphatic carbocycles. The highest BCUT2D eigenvalue weighted by atomic mass is 19.1. The number of aliphatic hydroxyl groups excluding tert-OH is 1. The second-order valence-corrected chi connectivity index (χ2v) is 6.14. The maximum absolute atomic E-state index is 13.8. The molecule has 6 heteroatoms. The van der Waals surface area contributed by atoms with E-state index in [-0.39, 0.29) is 12.5 Å². The van der Waals surface area contributed by atoms with Crippen LogP contribution in [0.25, 0.3) is 0 Å². The van der Waals surface area contributed by atoms with Gasteiger partial charge < -0.3 is 20.3 Å². The molecule has 25 heavy (non-hydrogen) atoms. The molecule has 1 fully saturated rings. The Morgan fingerprint density at radius 1 is 1.28 bits per heavy atom. The first-order chi connectivity index (χ1) is 12.0. The quantitative estimate of drug-likeness (QED) is 0.808. The van der Waals surface area contributed by atoms with E-state index in [0.717, 1.165) is 5.56 Å². The Hall–Kier alpha value is -2.60. The molecule has 0 spiro atoms. The van der Waals surface area contributed by atoms with Crippen molar-refractivity contribution in [3.8, 4) is 5.75 Å². The van der Waals surface area contributed by atoms with Crippen molar-refractivity contribution in [2.75, 3.05) is 6.61 Å². The number of carbonyl (C=O) groups excluding carboxylic acids is 1. The number of aliphatic hydroxyl groups is 1. The molecule has 3 rings (SSSR count). The summed E-state index contributed by atoms with van der Waals surface area (Å²) in [5, 5.41) is 9.19. The number of nitrogens with two attached hydrogens (primary N) is 1. The standard InChI is InChI=1S/C19H20FNO4/c20-15-6-7-17(24-12-13-4-2-1-3-5-13)16(10-15)19(25-18(21)23)11-14(19)8-9-22/h1-7,10,14,22H,8-9,11-12H2,(H2,21,23). The summed E-state index contributed by atoms with van der Waals surface area (Å²) in [6.45, 7) is 0.251. The van der Waals surface area contributed by atoms with Gasteiger partial charge in [0.1, 0.15) is 23.8 Å². The van der Waals surface area contributed by atoms with Crippen molar-refractivity contribution in [2.24, 2.45) is 11.7 Å². The third kappa shape index (κ3) is 3.74. The van der Waals surface area contributed by atoms with Crippen LogP contribution < -0.4 is 10.5 Å². The van der Waals surface area contributed by atoms with E-state index >= 15 is 0 Å². The summed E-state index contributed by atoms with van der Waals surface area (Å²) in [4.78, 5) is 11.4. The molecule has 3 N–H and O–H groups in total. The molecular weight excluding hydrogens is 325 g/mol. The van der Waals surface area contributed by atoms with Crippen molar-refractivity contribution in [3.05, 3.63) is 65.5 Å². The highest BCUT2D eigenvalue weighted by Gasteiger charge is 2.60. The minimum Gasteiger partial charge on any atom is -0.488 e. The average molecular weight is 345 g/mol. The van der Waals surface area contributed by atoms with Gasteiger partial charge in [-0.3, -0.25) is 0 Å². The Balaban J connectivity index is 1.88. The van der Waals surface area contributed by atoms with Crippen LogP contribution in [0.15, 0.2) is 48.5 Å². The van der Waals surface area contributed by atoms with Crippen LogP contribution in [0.4, 0.5) is 9.18 Å². The van der Waals surface area contributed by atoms with Gasteiger partial charge in [0.25, 0.3) is 0 Å². The zero-order chi connectivity index (χ0) is 17.9. The van der Waals surface area contributed by atoms with Crippen molar-refractivity contribution in [1.82, 2.24) is 0 Å². The molecule has 0 aromatic heterocycles. The molecule has 1 aliphatic rings. The third-order valence-electron chi connectivity index (χ3n) is 4.44. The molecule has 0 aliphatic heterocycles. The highest BCUT2D eigenvalue weighted by molar-refractivity contribution is 5.66. The molecule has 132 valence electrons. The fourth-order valence-electron chi connectivity index (χ4n) is 3.18. The van der Waals surface area contributed by atoms with Gasteiger partial charge in [0.2, 0.25) is 0 Å². The summed E-state index contributed by atoms with van der Waals surface area (Å²) in [7, 11) is 0. The van der Waals surface area contributed by atoms with E-state index in [4.69, 9.17) is 15.2 Å². The normalized spacial score (nSPS) is 21.6. The molecule has 1 amide bonds. The molecule has 2 atom stereocenters. The van der Waals surface area contributed by atoms with Crippen LogP contribution in [0.1, 0.15) is 24.0 Å². The van der Waals surface area contributed by atoms with Crippen LogP contribution in [0, 0.1) is 11.7 Å². The second kappa shape index (κ2) is 7.11. The zero-order valence-electron chi connectivity index (χ0n) is 13.7. The summed E-state index contributed by atoms with van der Waals surface area (Å²) in [5.41, 5.74) is 5.58. The number of halogens is 1. The molecule has 0 radical (unpaired) electrons. The van der Waals surface area contributed by atoms with Crippen molar-refractivity contribution in [3.63, 3.8) is 0 Å². The first-order valence-electron chi connectivity index (χ1n) is 8.11. The van der Waals surface area contributed by atoms with E-state index in [2.05, 4.69) is 0 Å². The number of ether oxygens (including phenoxy) is 2. The molecule has 5 nitrogen and oxygen atoms in total. The Kier molecular flexibility index (Phi) is 4.90. The summed E-state index contributed by atoms with van der Waals surface area (Å²) >= 11 is 0. The molecule has 0 heterocycles. The molecule has 2 aromatic carbocycles. The number of amides is 1. The lowest BCUT2D eigenvalue weighted by Gasteiger charge is -2.21. The summed E-state index contributed by atoms with van der Waals surface area (Å²) < 4.78 is 25.0. The summed E-state index contributed by atoms with van der Waals surface area (Å²) in [6, 6.07) is 13.7. The number of benzene rings is 2. The first kappa shape index (κ1) is 17.2. The van der Waals surface area contributed by atoms with Crippen LogP contribution in [0.3, 0.4) is 0 Å². The Bertz CT molecular complexity index is 752. The molecule has 2 aromatic rings. The lowest BCUT2D eigenvalue weighted by molar-refractivity contribution is 0.0719. The highest BCUT2D eigenvalue weighted by Crippen LogP contribution is 2.59.